The quantitative estimate of drug-likeness (QED) is 0.256. The van der Waals surface area contributed by atoms with Crippen LogP contribution in [-0.4, -0.2) is 85.0 Å². The molecule has 150 valence electrons. The molecule has 0 amide bonds. The first-order valence-corrected chi connectivity index (χ1v) is 9.92. The van der Waals surface area contributed by atoms with Crippen LogP contribution in [0.25, 0.3) is 11.2 Å². The first-order chi connectivity index (χ1) is 12.8. The number of aliphatic hydroxyl groups is 3. The van der Waals surface area contributed by atoms with Crippen molar-refractivity contribution in [1.82, 2.24) is 19.5 Å². The van der Waals surface area contributed by atoms with Gasteiger partial charge in [-0.05, 0) is 12.8 Å². The molecule has 1 fully saturated rings. The molecule has 12 nitrogen and oxygen atoms in total. The lowest BCUT2D eigenvalue weighted by molar-refractivity contribution is -0.0511. The van der Waals surface area contributed by atoms with Gasteiger partial charge in [-0.25, -0.2) is 15.0 Å². The van der Waals surface area contributed by atoms with Crippen molar-refractivity contribution in [3.05, 3.63) is 12.7 Å². The van der Waals surface area contributed by atoms with Crippen LogP contribution in [0.5, 0.6) is 0 Å². The van der Waals surface area contributed by atoms with Gasteiger partial charge in [0.15, 0.2) is 23.2 Å². The second-order valence-electron chi connectivity index (χ2n) is 6.20. The maximum absolute atomic E-state index is 10.7. The minimum Gasteiger partial charge on any atom is -0.394 e. The molecule has 2 aromatic heterocycles. The van der Waals surface area contributed by atoms with Gasteiger partial charge >= 0.3 is 0 Å². The summed E-state index contributed by atoms with van der Waals surface area (Å²) in [5.41, 5.74) is 0.769. The minimum absolute atomic E-state index is 0.289. The number of anilines is 1. The van der Waals surface area contributed by atoms with Gasteiger partial charge in [0.2, 0.25) is 0 Å². The van der Waals surface area contributed by atoms with Crippen molar-refractivity contribution in [2.75, 3.05) is 24.2 Å². The third-order valence-electron chi connectivity index (χ3n) is 4.27. The fraction of sp³-hybridized carbons (Fsp3) is 0.643. The number of rotatable bonds is 8. The van der Waals surface area contributed by atoms with E-state index < -0.39 is 41.3 Å². The molecule has 0 spiro atoms. The molecule has 1 aliphatic heterocycles. The molecule has 0 bridgehead atoms. The first-order valence-electron chi connectivity index (χ1n) is 8.31. The van der Waals surface area contributed by atoms with E-state index in [1.807, 2.05) is 0 Å². The van der Waals surface area contributed by atoms with Gasteiger partial charge in [0.25, 0.3) is 10.1 Å². The molecule has 3 rings (SSSR count). The van der Waals surface area contributed by atoms with Crippen molar-refractivity contribution in [3.63, 3.8) is 0 Å². The second-order valence-corrected chi connectivity index (χ2v) is 7.77. The number of nitrogens with one attached hydrogen (secondary N) is 1. The Morgan fingerprint density at radius 2 is 1.96 bits per heavy atom. The molecule has 5 N–H and O–H groups in total. The number of ether oxygens (including phenoxy) is 1. The fourth-order valence-corrected chi connectivity index (χ4v) is 3.46. The molecule has 1 saturated heterocycles. The van der Waals surface area contributed by atoms with E-state index >= 15 is 0 Å². The van der Waals surface area contributed by atoms with Gasteiger partial charge in [-0.3, -0.25) is 9.12 Å². The Labute approximate surface area is 154 Å². The number of aliphatic hydroxyl groups excluding tert-OH is 3. The Hall–Kier alpha value is -1.90. The molecule has 4 atom stereocenters. The smallest absolute Gasteiger partial charge is 0.264 e. The average molecular weight is 403 g/mol. The van der Waals surface area contributed by atoms with E-state index in [1.165, 1.54) is 17.2 Å². The van der Waals surface area contributed by atoms with Crippen molar-refractivity contribution in [1.29, 1.82) is 0 Å². The van der Waals surface area contributed by atoms with Crippen molar-refractivity contribution in [2.24, 2.45) is 0 Å². The van der Waals surface area contributed by atoms with Crippen LogP contribution in [0.4, 0.5) is 5.82 Å². The van der Waals surface area contributed by atoms with Crippen LogP contribution in [-0.2, 0) is 14.9 Å². The lowest BCUT2D eigenvalue weighted by atomic mass is 10.1. The minimum atomic E-state index is -3.97. The summed E-state index contributed by atoms with van der Waals surface area (Å²) >= 11 is 0. The normalized spacial score (nSPS) is 25.9. The summed E-state index contributed by atoms with van der Waals surface area (Å²) < 4.78 is 37.0. The topological polar surface area (TPSA) is 180 Å². The fourth-order valence-electron chi connectivity index (χ4n) is 2.89. The van der Waals surface area contributed by atoms with E-state index in [0.717, 1.165) is 0 Å². The number of imidazole rings is 1. The summed E-state index contributed by atoms with van der Waals surface area (Å²) in [5, 5.41) is 32.3. The zero-order chi connectivity index (χ0) is 19.6. The van der Waals surface area contributed by atoms with Crippen molar-refractivity contribution >= 4 is 27.1 Å². The van der Waals surface area contributed by atoms with Crippen LogP contribution < -0.4 is 5.32 Å². The highest BCUT2D eigenvalue weighted by molar-refractivity contribution is 7.85. The van der Waals surface area contributed by atoms with Gasteiger partial charge in [-0.1, -0.05) is 0 Å². The molecule has 0 saturated carbocycles. The zero-order valence-corrected chi connectivity index (χ0v) is 15.0. The van der Waals surface area contributed by atoms with Crippen LogP contribution in [0.2, 0.25) is 0 Å². The molecule has 0 aliphatic carbocycles. The predicted octanol–water partition coefficient (Wildman–Crippen LogP) is -1.48. The monoisotopic (exact) mass is 403 g/mol. The summed E-state index contributed by atoms with van der Waals surface area (Å²) in [5.74, 6) is 0.102. The lowest BCUT2D eigenvalue weighted by Crippen LogP contribution is -2.33. The van der Waals surface area contributed by atoms with Crippen LogP contribution >= 0.6 is 0 Å². The standard InChI is InChI=1S/C14H21N5O7S/c20-5-8-10(21)11(22)14(26-8)19-7-18-9-12(16-6-17-13(9)19)15-3-1-2-4-27(23,24)25/h6-8,10-11,14,20-22H,1-5H2,(H,15,16,17)(H,23,24,25). The van der Waals surface area contributed by atoms with Crippen LogP contribution in [0.1, 0.15) is 19.1 Å². The largest absolute Gasteiger partial charge is 0.394 e. The molecule has 2 aromatic rings. The van der Waals surface area contributed by atoms with Crippen LogP contribution in [0.15, 0.2) is 12.7 Å². The molecule has 1 aliphatic rings. The Kier molecular flexibility index (Phi) is 5.88. The summed E-state index contributed by atoms with van der Waals surface area (Å²) in [7, 11) is -3.97. The number of unbranched alkanes of at least 4 members (excludes halogenated alkanes) is 1. The van der Waals surface area contributed by atoms with Crippen molar-refractivity contribution < 1.29 is 33.0 Å². The first kappa shape index (κ1) is 19.9. The van der Waals surface area contributed by atoms with Gasteiger partial charge in [-0.2, -0.15) is 8.42 Å². The predicted molar refractivity (Wildman–Crippen MR) is 92.5 cm³/mol. The van der Waals surface area contributed by atoms with E-state index in [1.54, 1.807) is 0 Å². The number of hydrogen-bond acceptors (Lipinski definition) is 10. The number of aromatic nitrogens is 4. The molecule has 0 aromatic carbocycles. The van der Waals surface area contributed by atoms with Gasteiger partial charge < -0.3 is 25.4 Å². The van der Waals surface area contributed by atoms with Gasteiger partial charge in [-0.15, -0.1) is 0 Å². The maximum Gasteiger partial charge on any atom is 0.264 e. The van der Waals surface area contributed by atoms with Gasteiger partial charge in [0.05, 0.1) is 18.7 Å². The molecular formula is C14H21N5O7S. The Morgan fingerprint density at radius 1 is 1.19 bits per heavy atom. The summed E-state index contributed by atoms with van der Waals surface area (Å²) in [4.78, 5) is 12.5. The van der Waals surface area contributed by atoms with Gasteiger partial charge in [0, 0.05) is 6.54 Å². The number of fused-ring (bicyclic) bond motifs is 1. The van der Waals surface area contributed by atoms with E-state index in [-0.39, 0.29) is 12.2 Å². The maximum atomic E-state index is 10.7. The third-order valence-corrected chi connectivity index (χ3v) is 5.08. The van der Waals surface area contributed by atoms with E-state index in [4.69, 9.17) is 9.29 Å². The van der Waals surface area contributed by atoms with Crippen molar-refractivity contribution in [3.8, 4) is 0 Å². The highest BCUT2D eigenvalue weighted by Crippen LogP contribution is 2.32. The highest BCUT2D eigenvalue weighted by atomic mass is 32.2. The molecule has 3 heterocycles. The second kappa shape index (κ2) is 8.00. The molecule has 13 heteroatoms. The van der Waals surface area contributed by atoms with Crippen molar-refractivity contribution in [2.45, 2.75) is 37.4 Å². The molecule has 27 heavy (non-hydrogen) atoms. The van der Waals surface area contributed by atoms with E-state index in [2.05, 4.69) is 20.3 Å². The van der Waals surface area contributed by atoms with E-state index in [9.17, 15) is 23.7 Å². The third kappa shape index (κ3) is 4.34. The summed E-state index contributed by atoms with van der Waals surface area (Å²) in [6.07, 6.45) is -0.904. The lowest BCUT2D eigenvalue weighted by Gasteiger charge is -2.16. The molecule has 0 radical (unpaired) electrons. The molecular weight excluding hydrogens is 382 g/mol. The Bertz CT molecular complexity index is 889. The number of hydrogen-bond donors (Lipinski definition) is 5. The van der Waals surface area contributed by atoms with Crippen LogP contribution in [0, 0.1) is 0 Å². The molecule has 4 unspecified atom stereocenters. The highest BCUT2D eigenvalue weighted by Gasteiger charge is 2.44. The SMILES string of the molecule is O=S(=O)(O)CCCCNc1ncnc2c1ncn2C1OC(CO)C(O)C1O. The van der Waals surface area contributed by atoms with Crippen LogP contribution in [0.3, 0.4) is 0 Å². The zero-order valence-electron chi connectivity index (χ0n) is 14.2. The Balaban J connectivity index is 1.71. The van der Waals surface area contributed by atoms with E-state index in [0.29, 0.717) is 29.9 Å². The van der Waals surface area contributed by atoms with Gasteiger partial charge in [0.1, 0.15) is 24.6 Å². The Morgan fingerprint density at radius 3 is 2.63 bits per heavy atom. The summed E-state index contributed by atoms with van der Waals surface area (Å²) in [6.45, 7) is -0.0327. The number of nitrogens with zero attached hydrogens (tertiary/aromatic N) is 4. The average Bonchev–Trinajstić information content (AvgIpc) is 3.16. The summed E-state index contributed by atoms with van der Waals surface area (Å²) in [6, 6.07) is 0.